The van der Waals surface area contributed by atoms with Gasteiger partial charge in [-0.25, -0.2) is 0 Å². The minimum atomic E-state index is 0.705. The predicted molar refractivity (Wildman–Crippen MR) is 54.7 cm³/mol. The highest BCUT2D eigenvalue weighted by Crippen LogP contribution is 2.09. The van der Waals surface area contributed by atoms with E-state index in [1.165, 1.54) is 6.42 Å². The highest BCUT2D eigenvalue weighted by molar-refractivity contribution is 5.10. The Morgan fingerprint density at radius 3 is 2.54 bits per heavy atom. The summed E-state index contributed by atoms with van der Waals surface area (Å²) in [6, 6.07) is 0. The van der Waals surface area contributed by atoms with Gasteiger partial charge in [-0.05, 0) is 26.2 Å². The molecule has 0 aliphatic rings. The molecular weight excluding hydrogens is 160 g/mol. The summed E-state index contributed by atoms with van der Waals surface area (Å²) >= 11 is 0. The molecule has 0 bridgehead atoms. The number of rotatable bonds is 3. The van der Waals surface area contributed by atoms with Crippen LogP contribution in [0.25, 0.3) is 0 Å². The molecule has 0 saturated heterocycles. The molecule has 0 spiro atoms. The van der Waals surface area contributed by atoms with E-state index in [-0.39, 0.29) is 0 Å². The first-order valence-corrected chi connectivity index (χ1v) is 4.92. The molecule has 0 unspecified atom stereocenters. The zero-order valence-electron chi connectivity index (χ0n) is 8.96. The Morgan fingerprint density at radius 2 is 2.00 bits per heavy atom. The first kappa shape index (κ1) is 10.2. The van der Waals surface area contributed by atoms with Gasteiger partial charge in [-0.15, -0.1) is 0 Å². The van der Waals surface area contributed by atoms with Crippen molar-refractivity contribution in [1.29, 1.82) is 0 Å². The maximum absolute atomic E-state index is 4.50. The minimum absolute atomic E-state index is 0.705. The summed E-state index contributed by atoms with van der Waals surface area (Å²) in [6.45, 7) is 8.47. The van der Waals surface area contributed by atoms with E-state index in [9.17, 15) is 0 Å². The van der Waals surface area contributed by atoms with Crippen LogP contribution in [-0.2, 0) is 6.42 Å². The van der Waals surface area contributed by atoms with Gasteiger partial charge >= 0.3 is 0 Å². The van der Waals surface area contributed by atoms with Crippen LogP contribution in [0, 0.1) is 19.8 Å². The van der Waals surface area contributed by atoms with Crippen molar-refractivity contribution in [2.45, 2.75) is 40.5 Å². The number of hydrogen-bond donors (Lipinski definition) is 0. The third-order valence-corrected chi connectivity index (χ3v) is 2.50. The normalized spacial score (nSPS) is 12.9. The number of aromatic nitrogens is 2. The molecule has 72 valence electrons. The standard InChI is InChI=1S/C11H18N2/c1-5-8(2)6-11-7-12-9(3)10(4)13-11/h7-8H,5-6H2,1-4H3/t8-/m0/s1. The fraction of sp³-hybridized carbons (Fsp3) is 0.636. The molecule has 0 radical (unpaired) electrons. The molecule has 0 aliphatic heterocycles. The van der Waals surface area contributed by atoms with E-state index >= 15 is 0 Å². The highest BCUT2D eigenvalue weighted by atomic mass is 14.8. The number of aryl methyl sites for hydroxylation is 2. The summed E-state index contributed by atoms with van der Waals surface area (Å²) in [4.78, 5) is 8.80. The Morgan fingerprint density at radius 1 is 1.31 bits per heavy atom. The van der Waals surface area contributed by atoms with Crippen molar-refractivity contribution in [2.24, 2.45) is 5.92 Å². The van der Waals surface area contributed by atoms with Crippen molar-refractivity contribution in [2.75, 3.05) is 0 Å². The highest BCUT2D eigenvalue weighted by Gasteiger charge is 2.03. The fourth-order valence-electron chi connectivity index (χ4n) is 1.19. The van der Waals surface area contributed by atoms with Gasteiger partial charge in [-0.3, -0.25) is 9.97 Å². The quantitative estimate of drug-likeness (QED) is 0.711. The van der Waals surface area contributed by atoms with E-state index in [2.05, 4.69) is 23.8 Å². The summed E-state index contributed by atoms with van der Waals surface area (Å²) in [7, 11) is 0. The lowest BCUT2D eigenvalue weighted by Crippen LogP contribution is -2.03. The van der Waals surface area contributed by atoms with E-state index in [0.717, 1.165) is 23.5 Å². The molecule has 1 aromatic heterocycles. The smallest absolute Gasteiger partial charge is 0.0592 e. The van der Waals surface area contributed by atoms with Gasteiger partial charge in [0.05, 0.1) is 17.1 Å². The Hall–Kier alpha value is -0.920. The van der Waals surface area contributed by atoms with Crippen LogP contribution in [0.3, 0.4) is 0 Å². The van der Waals surface area contributed by atoms with Crippen LogP contribution in [0.1, 0.15) is 37.4 Å². The van der Waals surface area contributed by atoms with Crippen LogP contribution in [0.4, 0.5) is 0 Å². The van der Waals surface area contributed by atoms with Crippen LogP contribution in [0.15, 0.2) is 6.20 Å². The van der Waals surface area contributed by atoms with E-state index in [0.29, 0.717) is 5.92 Å². The van der Waals surface area contributed by atoms with Gasteiger partial charge in [0.2, 0.25) is 0 Å². The topological polar surface area (TPSA) is 25.8 Å². The van der Waals surface area contributed by atoms with Gasteiger partial charge in [0.15, 0.2) is 0 Å². The molecule has 1 aromatic rings. The van der Waals surface area contributed by atoms with Crippen molar-refractivity contribution in [3.8, 4) is 0 Å². The second-order valence-corrected chi connectivity index (χ2v) is 3.75. The molecule has 1 atom stereocenters. The zero-order chi connectivity index (χ0) is 9.84. The summed E-state index contributed by atoms with van der Waals surface area (Å²) in [6.07, 6.45) is 4.15. The van der Waals surface area contributed by atoms with Crippen molar-refractivity contribution in [3.63, 3.8) is 0 Å². The Bertz CT molecular complexity index is 281. The summed E-state index contributed by atoms with van der Waals surface area (Å²) in [5, 5.41) is 0. The van der Waals surface area contributed by atoms with Crippen molar-refractivity contribution in [3.05, 3.63) is 23.3 Å². The second kappa shape index (κ2) is 4.35. The Labute approximate surface area is 80.4 Å². The number of hydrogen-bond acceptors (Lipinski definition) is 2. The van der Waals surface area contributed by atoms with Gasteiger partial charge in [-0.1, -0.05) is 20.3 Å². The zero-order valence-corrected chi connectivity index (χ0v) is 8.96. The molecule has 1 rings (SSSR count). The van der Waals surface area contributed by atoms with Crippen LogP contribution < -0.4 is 0 Å². The average molecular weight is 178 g/mol. The first-order valence-electron chi connectivity index (χ1n) is 4.92. The molecule has 2 heteroatoms. The van der Waals surface area contributed by atoms with Gasteiger partial charge in [0.1, 0.15) is 0 Å². The van der Waals surface area contributed by atoms with Crippen molar-refractivity contribution < 1.29 is 0 Å². The average Bonchev–Trinajstić information content (AvgIpc) is 2.11. The van der Waals surface area contributed by atoms with E-state index < -0.39 is 0 Å². The molecule has 0 saturated carbocycles. The summed E-state index contributed by atoms with van der Waals surface area (Å²) in [5.41, 5.74) is 3.21. The Balaban J connectivity index is 2.73. The van der Waals surface area contributed by atoms with E-state index in [1.807, 2.05) is 20.0 Å². The van der Waals surface area contributed by atoms with Crippen LogP contribution in [0.2, 0.25) is 0 Å². The maximum Gasteiger partial charge on any atom is 0.0592 e. The summed E-state index contributed by atoms with van der Waals surface area (Å²) in [5.74, 6) is 0.705. The van der Waals surface area contributed by atoms with Gasteiger partial charge in [-0.2, -0.15) is 0 Å². The van der Waals surface area contributed by atoms with E-state index in [4.69, 9.17) is 0 Å². The molecular formula is C11H18N2. The lowest BCUT2D eigenvalue weighted by Gasteiger charge is -2.08. The van der Waals surface area contributed by atoms with Crippen LogP contribution in [-0.4, -0.2) is 9.97 Å². The van der Waals surface area contributed by atoms with E-state index in [1.54, 1.807) is 0 Å². The van der Waals surface area contributed by atoms with Gasteiger partial charge in [0.25, 0.3) is 0 Å². The van der Waals surface area contributed by atoms with Gasteiger partial charge in [0, 0.05) is 6.20 Å². The molecule has 0 fully saturated rings. The SMILES string of the molecule is CC[C@H](C)Cc1cnc(C)c(C)n1. The van der Waals surface area contributed by atoms with Gasteiger partial charge < -0.3 is 0 Å². The molecule has 2 nitrogen and oxygen atoms in total. The predicted octanol–water partition coefficient (Wildman–Crippen LogP) is 2.68. The molecule has 1 heterocycles. The maximum atomic E-state index is 4.50. The largest absolute Gasteiger partial charge is 0.258 e. The molecule has 0 aliphatic carbocycles. The molecule has 13 heavy (non-hydrogen) atoms. The third-order valence-electron chi connectivity index (χ3n) is 2.50. The lowest BCUT2D eigenvalue weighted by atomic mass is 10.0. The van der Waals surface area contributed by atoms with Crippen LogP contribution >= 0.6 is 0 Å². The molecule has 0 amide bonds. The first-order chi connectivity index (χ1) is 6.13. The molecule has 0 aromatic carbocycles. The molecule has 0 N–H and O–H groups in total. The summed E-state index contributed by atoms with van der Waals surface area (Å²) < 4.78 is 0. The number of nitrogens with zero attached hydrogens (tertiary/aromatic N) is 2. The van der Waals surface area contributed by atoms with Crippen molar-refractivity contribution in [1.82, 2.24) is 9.97 Å². The lowest BCUT2D eigenvalue weighted by molar-refractivity contribution is 0.550. The van der Waals surface area contributed by atoms with Crippen molar-refractivity contribution >= 4 is 0 Å². The Kier molecular flexibility index (Phi) is 3.40. The monoisotopic (exact) mass is 178 g/mol. The third kappa shape index (κ3) is 2.79. The van der Waals surface area contributed by atoms with Crippen LogP contribution in [0.5, 0.6) is 0 Å². The minimum Gasteiger partial charge on any atom is -0.258 e. The fourth-order valence-corrected chi connectivity index (χ4v) is 1.19. The second-order valence-electron chi connectivity index (χ2n) is 3.75.